The summed E-state index contributed by atoms with van der Waals surface area (Å²) in [4.78, 5) is 16.2. The van der Waals surface area contributed by atoms with Crippen LogP contribution in [0.25, 0.3) is 11.3 Å². The molecule has 0 radical (unpaired) electrons. The summed E-state index contributed by atoms with van der Waals surface area (Å²) < 4.78 is 7.30. The van der Waals surface area contributed by atoms with Gasteiger partial charge < -0.3 is 15.2 Å². The molecule has 0 fully saturated rings. The van der Waals surface area contributed by atoms with Crippen molar-refractivity contribution in [2.45, 2.75) is 24.0 Å². The highest BCUT2D eigenvalue weighted by atomic mass is 32.2. The van der Waals surface area contributed by atoms with Gasteiger partial charge in [0.1, 0.15) is 0 Å². The van der Waals surface area contributed by atoms with Crippen molar-refractivity contribution in [1.29, 1.82) is 0 Å². The molecule has 0 amide bonds. The van der Waals surface area contributed by atoms with Crippen molar-refractivity contribution in [2.75, 3.05) is 11.9 Å². The summed E-state index contributed by atoms with van der Waals surface area (Å²) in [6.07, 6.45) is -0.451. The molecular formula is C25H23N4O3S+. The van der Waals surface area contributed by atoms with Crippen molar-refractivity contribution in [2.24, 2.45) is 0 Å². The molecule has 0 saturated carbocycles. The van der Waals surface area contributed by atoms with Crippen molar-refractivity contribution < 1.29 is 14.5 Å². The summed E-state index contributed by atoms with van der Waals surface area (Å²) >= 11 is 1.47. The van der Waals surface area contributed by atoms with E-state index in [4.69, 9.17) is 9.84 Å². The summed E-state index contributed by atoms with van der Waals surface area (Å²) in [6.45, 7) is 2.29. The van der Waals surface area contributed by atoms with Crippen molar-refractivity contribution in [3.8, 4) is 22.8 Å². The number of ether oxygens (including phenoxy) is 1. The predicted molar refractivity (Wildman–Crippen MR) is 128 cm³/mol. The van der Waals surface area contributed by atoms with Gasteiger partial charge in [0.2, 0.25) is 5.16 Å². The first-order valence-electron chi connectivity index (χ1n) is 10.7. The number of fused-ring (bicyclic) bond motifs is 3. The van der Waals surface area contributed by atoms with E-state index in [1.807, 2.05) is 61.5 Å². The molecule has 33 heavy (non-hydrogen) atoms. The van der Waals surface area contributed by atoms with Crippen LogP contribution in [0.3, 0.4) is 0 Å². The number of hydrogen-bond acceptors (Lipinski definition) is 6. The van der Waals surface area contributed by atoms with E-state index >= 15 is 0 Å². The first kappa shape index (κ1) is 21.1. The fourth-order valence-corrected chi connectivity index (χ4v) is 4.68. The molecule has 3 aromatic carbocycles. The number of phenols is 1. The zero-order valence-electron chi connectivity index (χ0n) is 18.0. The van der Waals surface area contributed by atoms with Gasteiger partial charge in [-0.05, 0) is 47.5 Å². The number of benzene rings is 3. The van der Waals surface area contributed by atoms with E-state index in [-0.39, 0.29) is 11.3 Å². The molecule has 7 nitrogen and oxygen atoms in total. The highest BCUT2D eigenvalue weighted by molar-refractivity contribution is 7.98. The van der Waals surface area contributed by atoms with Crippen LogP contribution in [-0.4, -0.2) is 21.8 Å². The maximum absolute atomic E-state index is 13.2. The number of phenolic OH excluding ortho intramolecular Hbond substituents is 1. The molecule has 166 valence electrons. The van der Waals surface area contributed by atoms with Crippen LogP contribution in [0.5, 0.6) is 11.5 Å². The minimum atomic E-state index is -0.451. The van der Waals surface area contributed by atoms with Crippen molar-refractivity contribution >= 4 is 17.4 Å². The molecule has 1 aliphatic rings. The van der Waals surface area contributed by atoms with Gasteiger partial charge in [0.25, 0.3) is 6.17 Å². The van der Waals surface area contributed by atoms with Crippen molar-refractivity contribution in [1.82, 2.24) is 10.1 Å². The zero-order valence-corrected chi connectivity index (χ0v) is 18.8. The van der Waals surface area contributed by atoms with E-state index in [2.05, 4.69) is 10.3 Å². The number of hydrogen-bond donors (Lipinski definition) is 3. The molecule has 8 heteroatoms. The Labute approximate surface area is 195 Å². The molecule has 4 aromatic rings. The van der Waals surface area contributed by atoms with Crippen LogP contribution in [0.1, 0.15) is 24.2 Å². The maximum atomic E-state index is 13.2. The Balaban J connectivity index is 1.60. The van der Waals surface area contributed by atoms with E-state index in [1.54, 1.807) is 22.9 Å². The fraction of sp³-hybridized carbons (Fsp3) is 0.160. The van der Waals surface area contributed by atoms with Gasteiger partial charge in [-0.1, -0.05) is 54.2 Å². The molecule has 1 aromatic heterocycles. The number of H-pyrrole nitrogens is 1. The molecule has 0 spiro atoms. The number of nitrogens with one attached hydrogen (secondary N) is 2. The summed E-state index contributed by atoms with van der Waals surface area (Å²) in [7, 11) is 0. The number of aromatic amines is 1. The molecule has 5 rings (SSSR count). The molecule has 2 heterocycles. The summed E-state index contributed by atoms with van der Waals surface area (Å²) in [5.41, 5.74) is 3.85. The Kier molecular flexibility index (Phi) is 5.75. The Morgan fingerprint density at radius 1 is 1.09 bits per heavy atom. The summed E-state index contributed by atoms with van der Waals surface area (Å²) in [5, 5.41) is 19.0. The van der Waals surface area contributed by atoms with Gasteiger partial charge >= 0.3 is 11.3 Å². The predicted octanol–water partition coefficient (Wildman–Crippen LogP) is 4.09. The Hall–Kier alpha value is -3.78. The third-order valence-corrected chi connectivity index (χ3v) is 6.33. The Morgan fingerprint density at radius 3 is 2.70 bits per heavy atom. The topological polar surface area (TPSA) is 91.1 Å². The Morgan fingerprint density at radius 2 is 1.88 bits per heavy atom. The molecular weight excluding hydrogens is 436 g/mol. The second-order valence-electron chi connectivity index (χ2n) is 7.58. The average Bonchev–Trinajstić information content (AvgIpc) is 2.84. The third-order valence-electron chi connectivity index (χ3n) is 5.40. The number of thioether (sulfide) groups is 1. The summed E-state index contributed by atoms with van der Waals surface area (Å²) in [5.74, 6) is 1.15. The monoisotopic (exact) mass is 459 g/mol. The van der Waals surface area contributed by atoms with E-state index in [1.165, 1.54) is 11.8 Å². The number of nitrogens with zero attached hydrogens (tertiary/aromatic N) is 2. The quantitative estimate of drug-likeness (QED) is 0.297. The van der Waals surface area contributed by atoms with Gasteiger partial charge in [-0.2, -0.15) is 0 Å². The molecule has 0 bridgehead atoms. The van der Waals surface area contributed by atoms with Crippen LogP contribution >= 0.6 is 11.8 Å². The average molecular weight is 460 g/mol. The number of anilines is 1. The first-order chi connectivity index (χ1) is 16.1. The van der Waals surface area contributed by atoms with Crippen LogP contribution in [0.2, 0.25) is 0 Å². The Bertz CT molecular complexity index is 1360. The maximum Gasteiger partial charge on any atom is 0.325 e. The highest BCUT2D eigenvalue weighted by Crippen LogP contribution is 2.34. The third kappa shape index (κ3) is 4.17. The van der Waals surface area contributed by atoms with E-state index in [9.17, 15) is 9.90 Å². The van der Waals surface area contributed by atoms with Gasteiger partial charge in [-0.15, -0.1) is 0 Å². The lowest BCUT2D eigenvalue weighted by atomic mass is 10.0. The molecule has 0 unspecified atom stereocenters. The van der Waals surface area contributed by atoms with E-state index in [0.29, 0.717) is 29.0 Å². The van der Waals surface area contributed by atoms with Crippen LogP contribution in [-0.2, 0) is 5.75 Å². The lowest BCUT2D eigenvalue weighted by Crippen LogP contribution is -2.55. The largest absolute Gasteiger partial charge is 0.504 e. The SMILES string of the molecule is CCOc1cc([C@@H]2Nc3ccccc3-c3c(=O)[nH]c(SCc4ccccc4)n[n+]32)ccc1O. The van der Waals surface area contributed by atoms with Crippen LogP contribution in [0, 0.1) is 0 Å². The second-order valence-corrected chi connectivity index (χ2v) is 8.54. The molecule has 0 aliphatic carbocycles. The van der Waals surface area contributed by atoms with E-state index in [0.717, 1.165) is 22.4 Å². The zero-order chi connectivity index (χ0) is 22.8. The standard InChI is InChI=1S/C25H22N4O3S/c1-2-32-21-14-17(12-13-20(21)30)23-26-19-11-7-6-10-18(19)22-24(31)27-25(28-29(22)23)33-15-16-8-4-3-5-9-16/h3-14,23H,2,15H2,1H3,(H2,27,28,30,31)/p+1/t23-/m1/s1. The van der Waals surface area contributed by atoms with E-state index < -0.39 is 6.17 Å². The van der Waals surface area contributed by atoms with Gasteiger partial charge in [-0.3, -0.25) is 9.78 Å². The summed E-state index contributed by atoms with van der Waals surface area (Å²) in [6, 6.07) is 22.9. The van der Waals surface area contributed by atoms with Crippen LogP contribution < -0.4 is 20.3 Å². The number of aromatic hydroxyl groups is 1. The van der Waals surface area contributed by atoms with Gasteiger partial charge in [0.15, 0.2) is 11.5 Å². The van der Waals surface area contributed by atoms with Gasteiger partial charge in [-0.25, -0.2) is 0 Å². The smallest absolute Gasteiger partial charge is 0.325 e. The fourth-order valence-electron chi connectivity index (χ4n) is 3.88. The lowest BCUT2D eigenvalue weighted by Gasteiger charge is -2.22. The van der Waals surface area contributed by atoms with Crippen molar-refractivity contribution in [3.05, 3.63) is 94.3 Å². The minimum Gasteiger partial charge on any atom is -0.504 e. The molecule has 3 N–H and O–H groups in total. The van der Waals surface area contributed by atoms with Gasteiger partial charge in [0.05, 0.1) is 17.9 Å². The van der Waals surface area contributed by atoms with Crippen LogP contribution in [0.4, 0.5) is 5.69 Å². The lowest BCUT2D eigenvalue weighted by molar-refractivity contribution is -0.759. The molecule has 0 saturated heterocycles. The first-order valence-corrected chi connectivity index (χ1v) is 11.7. The minimum absolute atomic E-state index is 0.0695. The number of para-hydroxylation sites is 1. The number of aromatic nitrogens is 3. The van der Waals surface area contributed by atoms with Gasteiger partial charge in [0, 0.05) is 16.4 Å². The van der Waals surface area contributed by atoms with Crippen LogP contribution in [0.15, 0.2) is 82.7 Å². The second kappa shape index (κ2) is 8.99. The number of rotatable bonds is 6. The molecule has 1 atom stereocenters. The highest BCUT2D eigenvalue weighted by Gasteiger charge is 2.38. The molecule has 1 aliphatic heterocycles. The normalized spacial score (nSPS) is 14.2. The van der Waals surface area contributed by atoms with Crippen molar-refractivity contribution in [3.63, 3.8) is 0 Å².